The van der Waals surface area contributed by atoms with Crippen LogP contribution in [-0.4, -0.2) is 8.42 Å². The molecule has 0 amide bonds. The molecule has 0 heterocycles. The van der Waals surface area contributed by atoms with Crippen LogP contribution in [0.3, 0.4) is 0 Å². The van der Waals surface area contributed by atoms with Crippen LogP contribution in [0.4, 0.5) is 22.0 Å². The monoisotopic (exact) mass is 337 g/mol. The highest BCUT2D eigenvalue weighted by Gasteiger charge is 2.40. The van der Waals surface area contributed by atoms with E-state index in [9.17, 15) is 30.4 Å². The molecule has 0 spiro atoms. The molecule has 3 nitrogen and oxygen atoms in total. The van der Waals surface area contributed by atoms with Crippen LogP contribution < -0.4 is 4.72 Å². The molecule has 0 fully saturated rings. The van der Waals surface area contributed by atoms with Crippen molar-refractivity contribution in [2.24, 2.45) is 0 Å². The summed E-state index contributed by atoms with van der Waals surface area (Å²) in [4.78, 5) is -0.488. The second-order valence-electron chi connectivity index (χ2n) is 4.22. The lowest BCUT2D eigenvalue weighted by Crippen LogP contribution is -2.39. The summed E-state index contributed by atoms with van der Waals surface area (Å²) in [6, 6.07) is 2.22. The molecule has 0 aliphatic rings. The van der Waals surface area contributed by atoms with E-state index in [1.54, 1.807) is 0 Å². The van der Waals surface area contributed by atoms with E-state index in [-0.39, 0.29) is 12.1 Å². The minimum atomic E-state index is -4.69. The number of halogens is 5. The Morgan fingerprint density at radius 2 is 1.45 bits per heavy atom. The van der Waals surface area contributed by atoms with E-state index in [0.29, 0.717) is 0 Å². The molecule has 9 heteroatoms. The molecule has 118 valence electrons. The van der Waals surface area contributed by atoms with Crippen LogP contribution in [0.1, 0.15) is 5.56 Å². The second-order valence-corrected chi connectivity index (χ2v) is 5.90. The van der Waals surface area contributed by atoms with Gasteiger partial charge in [-0.2, -0.15) is 8.78 Å². The fourth-order valence-electron chi connectivity index (χ4n) is 1.65. The summed E-state index contributed by atoms with van der Waals surface area (Å²) >= 11 is 0. The van der Waals surface area contributed by atoms with E-state index >= 15 is 0 Å². The first-order valence-corrected chi connectivity index (χ1v) is 7.24. The fourth-order valence-corrected chi connectivity index (χ4v) is 2.73. The van der Waals surface area contributed by atoms with E-state index in [1.807, 2.05) is 0 Å². The van der Waals surface area contributed by atoms with Crippen LogP contribution in [0.15, 0.2) is 47.4 Å². The van der Waals surface area contributed by atoms with Crippen molar-refractivity contribution in [3.8, 4) is 0 Å². The molecule has 0 bridgehead atoms. The highest BCUT2D eigenvalue weighted by molar-refractivity contribution is 7.89. The Morgan fingerprint density at radius 1 is 0.864 bits per heavy atom. The van der Waals surface area contributed by atoms with Gasteiger partial charge < -0.3 is 0 Å². The molecule has 0 aliphatic carbocycles. The fraction of sp³-hybridized carbons (Fsp3) is 0.0769. The molecule has 1 N–H and O–H groups in total. The standard InChI is InChI=1S/C13H8F5NO2S/c14-10-7-6-9(11(15)12(10)16)13(17,18)19-22(20,21)8-4-2-1-3-5-8/h1-7,19H. The molecule has 2 aromatic rings. The van der Waals surface area contributed by atoms with E-state index in [2.05, 4.69) is 0 Å². The lowest BCUT2D eigenvalue weighted by Gasteiger charge is -2.19. The van der Waals surface area contributed by atoms with Gasteiger partial charge in [0, 0.05) is 0 Å². The lowest BCUT2D eigenvalue weighted by molar-refractivity contribution is -0.0207. The highest BCUT2D eigenvalue weighted by atomic mass is 32.2. The number of hydrogen-bond donors (Lipinski definition) is 1. The van der Waals surface area contributed by atoms with Crippen LogP contribution in [0, 0.1) is 17.5 Å². The third-order valence-electron chi connectivity index (χ3n) is 2.69. The molecule has 0 unspecified atom stereocenters. The molecule has 0 saturated heterocycles. The third kappa shape index (κ3) is 3.09. The molecule has 2 aromatic carbocycles. The van der Waals surface area contributed by atoms with Crippen molar-refractivity contribution in [2.75, 3.05) is 0 Å². The first-order chi connectivity index (χ1) is 10.1. The summed E-state index contributed by atoms with van der Waals surface area (Å²) in [7, 11) is -4.69. The predicted octanol–water partition coefficient (Wildman–Crippen LogP) is 3.13. The van der Waals surface area contributed by atoms with Gasteiger partial charge in [-0.3, -0.25) is 0 Å². The average Bonchev–Trinajstić information content (AvgIpc) is 2.44. The Kier molecular flexibility index (Phi) is 4.21. The van der Waals surface area contributed by atoms with Gasteiger partial charge in [-0.05, 0) is 24.3 Å². The topological polar surface area (TPSA) is 46.2 Å². The molecular weight excluding hydrogens is 329 g/mol. The maximum Gasteiger partial charge on any atom is 0.344 e. The summed E-state index contributed by atoms with van der Waals surface area (Å²) in [5, 5.41) is 0. The maximum atomic E-state index is 13.9. The Bertz CT molecular complexity index is 794. The van der Waals surface area contributed by atoms with Crippen LogP contribution in [0.2, 0.25) is 0 Å². The SMILES string of the molecule is O=S(=O)(NC(F)(F)c1ccc(F)c(F)c1F)c1ccccc1. The van der Waals surface area contributed by atoms with Crippen LogP contribution in [-0.2, 0) is 16.1 Å². The zero-order chi connectivity index (χ0) is 16.5. The Morgan fingerprint density at radius 3 is 2.05 bits per heavy atom. The second kappa shape index (κ2) is 5.65. The van der Waals surface area contributed by atoms with Crippen molar-refractivity contribution in [1.29, 1.82) is 0 Å². The number of rotatable bonds is 4. The molecule has 0 aromatic heterocycles. The molecule has 0 atom stereocenters. The molecule has 2 rings (SSSR count). The lowest BCUT2D eigenvalue weighted by atomic mass is 10.1. The van der Waals surface area contributed by atoms with Gasteiger partial charge in [0.25, 0.3) is 0 Å². The zero-order valence-corrected chi connectivity index (χ0v) is 11.5. The number of hydrogen-bond acceptors (Lipinski definition) is 2. The summed E-state index contributed by atoms with van der Waals surface area (Å²) in [6.07, 6.45) is 0. The van der Waals surface area contributed by atoms with Crippen LogP contribution in [0.5, 0.6) is 0 Å². The molecule has 22 heavy (non-hydrogen) atoms. The summed E-state index contributed by atoms with van der Waals surface area (Å²) < 4.78 is 91.5. The van der Waals surface area contributed by atoms with E-state index < -0.39 is 44.0 Å². The van der Waals surface area contributed by atoms with Crippen molar-refractivity contribution >= 4 is 10.0 Å². The van der Waals surface area contributed by atoms with Crippen molar-refractivity contribution < 1.29 is 30.4 Å². The Labute approximate surface area is 122 Å². The normalized spacial score (nSPS) is 12.4. The van der Waals surface area contributed by atoms with Gasteiger partial charge in [0.2, 0.25) is 10.0 Å². The largest absolute Gasteiger partial charge is 0.344 e. The van der Waals surface area contributed by atoms with Gasteiger partial charge in [0.1, 0.15) is 0 Å². The van der Waals surface area contributed by atoms with Crippen LogP contribution >= 0.6 is 0 Å². The minimum absolute atomic E-state index is 0.265. The number of alkyl halides is 2. The van der Waals surface area contributed by atoms with Gasteiger partial charge in [-0.25, -0.2) is 21.6 Å². The molecule has 0 radical (unpaired) electrons. The van der Waals surface area contributed by atoms with Crippen LogP contribution in [0.25, 0.3) is 0 Å². The van der Waals surface area contributed by atoms with E-state index in [1.165, 1.54) is 18.2 Å². The van der Waals surface area contributed by atoms with E-state index in [0.717, 1.165) is 16.9 Å². The molecule has 0 aliphatic heterocycles. The maximum absolute atomic E-state index is 13.9. The van der Waals surface area contributed by atoms with Crippen molar-refractivity contribution in [1.82, 2.24) is 4.72 Å². The highest BCUT2D eigenvalue weighted by Crippen LogP contribution is 2.31. The summed E-state index contributed by atoms with van der Waals surface area (Å²) in [5.41, 5.74) is -1.62. The van der Waals surface area contributed by atoms with Gasteiger partial charge in [0.15, 0.2) is 17.5 Å². The first-order valence-electron chi connectivity index (χ1n) is 5.76. The quantitative estimate of drug-likeness (QED) is 0.529. The van der Waals surface area contributed by atoms with Crippen molar-refractivity contribution in [3.63, 3.8) is 0 Å². The Balaban J connectivity index is 2.42. The van der Waals surface area contributed by atoms with Crippen molar-refractivity contribution in [3.05, 3.63) is 65.5 Å². The Hall–Kier alpha value is -2.00. The first kappa shape index (κ1) is 16.4. The van der Waals surface area contributed by atoms with Gasteiger partial charge in [-0.15, -0.1) is 4.72 Å². The third-order valence-corrected chi connectivity index (χ3v) is 4.11. The number of benzene rings is 2. The van der Waals surface area contributed by atoms with E-state index in [4.69, 9.17) is 0 Å². The van der Waals surface area contributed by atoms with Crippen molar-refractivity contribution in [2.45, 2.75) is 10.9 Å². The minimum Gasteiger partial charge on any atom is -0.207 e. The number of nitrogens with one attached hydrogen (secondary N) is 1. The molecular formula is C13H8F5NO2S. The summed E-state index contributed by atoms with van der Waals surface area (Å²) in [5.74, 6) is -5.94. The summed E-state index contributed by atoms with van der Waals surface area (Å²) in [6.45, 7) is 0. The predicted molar refractivity (Wildman–Crippen MR) is 67.0 cm³/mol. The van der Waals surface area contributed by atoms with Gasteiger partial charge in [-0.1, -0.05) is 18.2 Å². The number of sulfonamides is 1. The zero-order valence-electron chi connectivity index (χ0n) is 10.7. The smallest absolute Gasteiger partial charge is 0.207 e. The van der Waals surface area contributed by atoms with Gasteiger partial charge in [0.05, 0.1) is 10.5 Å². The van der Waals surface area contributed by atoms with Gasteiger partial charge >= 0.3 is 6.05 Å². The molecule has 0 saturated carbocycles. The average molecular weight is 337 g/mol.